The summed E-state index contributed by atoms with van der Waals surface area (Å²) in [5, 5.41) is 15.0. The van der Waals surface area contributed by atoms with E-state index in [0.717, 1.165) is 0 Å². The number of aliphatic hydroxyl groups excluding tert-OH is 1. The molecule has 13 heteroatoms. The van der Waals surface area contributed by atoms with E-state index in [2.05, 4.69) is 21.9 Å². The average molecular weight is 557 g/mol. The fourth-order valence-electron chi connectivity index (χ4n) is 4.56. The maximum absolute atomic E-state index is 13.6. The molecule has 214 valence electrons. The van der Waals surface area contributed by atoms with Gasteiger partial charge in [0, 0.05) is 18.9 Å². The number of hydrogen-bond acceptors (Lipinski definition) is 8. The van der Waals surface area contributed by atoms with Crippen LogP contribution in [0.15, 0.2) is 12.7 Å². The summed E-state index contributed by atoms with van der Waals surface area (Å²) in [5.41, 5.74) is -3.08. The first-order chi connectivity index (χ1) is 17.3. The summed E-state index contributed by atoms with van der Waals surface area (Å²) in [6.07, 6.45) is 0.667. The van der Waals surface area contributed by atoms with Gasteiger partial charge in [0.1, 0.15) is 23.2 Å². The Morgan fingerprint density at radius 3 is 2.21 bits per heavy atom. The highest BCUT2D eigenvalue weighted by Crippen LogP contribution is 2.45. The third-order valence-electron chi connectivity index (χ3n) is 6.89. The molecule has 4 N–H and O–H groups in total. The van der Waals surface area contributed by atoms with Crippen LogP contribution in [0.3, 0.4) is 0 Å². The molecule has 0 spiro atoms. The Labute approximate surface area is 224 Å². The monoisotopic (exact) mass is 556 g/mol. The molecule has 5 atom stereocenters. The zero-order valence-electron chi connectivity index (χ0n) is 22.9. The number of rotatable bonds is 8. The summed E-state index contributed by atoms with van der Waals surface area (Å²) >= 11 is 0. The standard InChI is InChI=1S/C25H40N4O8S/c1-8-14-12-25(14,21(33)28-38(35,36)16-9-10-16)27-19(31)17-11-15(30)13-29(17)20(32)18(23(2,3)4)26-22(34)37-24(5,6)7/h8,14-18,30H,1,9-13H2,2-7H3,(H,26,34)(H,27,31)(H,28,33)/t14-,15+,17+,18-,25-/m1/s1. The van der Waals surface area contributed by atoms with Gasteiger partial charge in [0.15, 0.2) is 0 Å². The second kappa shape index (κ2) is 10.1. The molecule has 1 heterocycles. The van der Waals surface area contributed by atoms with Crippen LogP contribution >= 0.6 is 0 Å². The number of nitrogens with one attached hydrogen (secondary N) is 3. The number of alkyl carbamates (subject to hydrolysis) is 1. The summed E-state index contributed by atoms with van der Waals surface area (Å²) in [6, 6.07) is -2.22. The van der Waals surface area contributed by atoms with E-state index in [1.807, 2.05) is 0 Å². The Bertz CT molecular complexity index is 1110. The Morgan fingerprint density at radius 2 is 1.74 bits per heavy atom. The molecule has 0 aromatic carbocycles. The topological polar surface area (TPSA) is 171 Å². The minimum atomic E-state index is -3.84. The number of nitrogens with zero attached hydrogens (tertiary/aromatic N) is 1. The second-order valence-corrected chi connectivity index (χ2v) is 14.5. The molecule has 1 aliphatic heterocycles. The van der Waals surface area contributed by atoms with Crippen molar-refractivity contribution in [3.05, 3.63) is 12.7 Å². The SMILES string of the molecule is C=C[C@@H]1C[C@]1(NC(=O)[C@@H]1C[C@H](O)CN1C(=O)[C@@H](NC(=O)OC(C)(C)C)C(C)(C)C)C(=O)NS(=O)(=O)C1CC1. The smallest absolute Gasteiger partial charge is 0.408 e. The maximum Gasteiger partial charge on any atom is 0.408 e. The lowest BCUT2D eigenvalue weighted by molar-refractivity contribution is -0.143. The lowest BCUT2D eigenvalue weighted by Gasteiger charge is -2.36. The lowest BCUT2D eigenvalue weighted by atomic mass is 9.85. The van der Waals surface area contributed by atoms with Crippen molar-refractivity contribution in [3.63, 3.8) is 0 Å². The van der Waals surface area contributed by atoms with E-state index in [0.29, 0.717) is 12.8 Å². The van der Waals surface area contributed by atoms with E-state index >= 15 is 0 Å². The predicted octanol–water partition coefficient (Wildman–Crippen LogP) is 0.557. The van der Waals surface area contributed by atoms with Gasteiger partial charge in [-0.15, -0.1) is 6.58 Å². The number of aliphatic hydroxyl groups is 1. The van der Waals surface area contributed by atoms with Crippen LogP contribution in [0.1, 0.15) is 67.2 Å². The van der Waals surface area contributed by atoms with Crippen LogP contribution < -0.4 is 15.4 Å². The van der Waals surface area contributed by atoms with Crippen LogP contribution in [0.5, 0.6) is 0 Å². The van der Waals surface area contributed by atoms with Gasteiger partial charge < -0.3 is 25.4 Å². The van der Waals surface area contributed by atoms with E-state index in [4.69, 9.17) is 4.74 Å². The van der Waals surface area contributed by atoms with Crippen molar-refractivity contribution in [2.45, 2.75) is 102 Å². The molecule has 2 aliphatic carbocycles. The number of β-amino-alcohol motifs (C(OH)–C–C–N with tert-alkyl or cyclic N) is 1. The van der Waals surface area contributed by atoms with Gasteiger partial charge in [-0.2, -0.15) is 0 Å². The van der Waals surface area contributed by atoms with Gasteiger partial charge in [0.05, 0.1) is 11.4 Å². The lowest BCUT2D eigenvalue weighted by Crippen LogP contribution is -2.60. The number of likely N-dealkylation sites (tertiary alicyclic amines) is 1. The largest absolute Gasteiger partial charge is 0.444 e. The predicted molar refractivity (Wildman–Crippen MR) is 138 cm³/mol. The molecular weight excluding hydrogens is 516 g/mol. The fraction of sp³-hybridized carbons (Fsp3) is 0.760. The van der Waals surface area contributed by atoms with Crippen LogP contribution in [0.4, 0.5) is 4.79 Å². The molecule has 3 fully saturated rings. The molecule has 3 rings (SSSR count). The highest BCUT2D eigenvalue weighted by Gasteiger charge is 2.62. The molecule has 0 aromatic heterocycles. The van der Waals surface area contributed by atoms with Gasteiger partial charge in [0.2, 0.25) is 21.8 Å². The van der Waals surface area contributed by atoms with E-state index in [1.165, 1.54) is 11.0 Å². The third-order valence-corrected chi connectivity index (χ3v) is 8.71. The number of hydrogen-bond donors (Lipinski definition) is 4. The van der Waals surface area contributed by atoms with E-state index in [-0.39, 0.29) is 19.4 Å². The Morgan fingerprint density at radius 1 is 1.13 bits per heavy atom. The van der Waals surface area contributed by atoms with Crippen LogP contribution in [0, 0.1) is 11.3 Å². The van der Waals surface area contributed by atoms with Crippen molar-refractivity contribution in [2.75, 3.05) is 6.54 Å². The maximum atomic E-state index is 13.6. The molecule has 12 nitrogen and oxygen atoms in total. The number of sulfonamides is 1. The molecule has 2 saturated carbocycles. The number of amides is 4. The number of carbonyl (C=O) groups excluding carboxylic acids is 4. The second-order valence-electron chi connectivity index (χ2n) is 12.5. The Balaban J connectivity index is 1.79. The van der Waals surface area contributed by atoms with E-state index < -0.39 is 79.7 Å². The molecular formula is C25H40N4O8S. The molecule has 0 bridgehead atoms. The first kappa shape index (κ1) is 29.9. The molecule has 3 aliphatic rings. The summed E-state index contributed by atoms with van der Waals surface area (Å²) < 4.78 is 32.1. The first-order valence-electron chi connectivity index (χ1n) is 12.8. The quantitative estimate of drug-likeness (QED) is 0.314. The van der Waals surface area contributed by atoms with Crippen molar-refractivity contribution < 1.29 is 37.4 Å². The van der Waals surface area contributed by atoms with Crippen molar-refractivity contribution in [1.82, 2.24) is 20.3 Å². The first-order valence-corrected chi connectivity index (χ1v) is 14.3. The summed E-state index contributed by atoms with van der Waals surface area (Å²) in [6.45, 7) is 13.8. The molecule has 0 unspecified atom stereocenters. The normalized spacial score (nSPS) is 28.2. The van der Waals surface area contributed by atoms with Crippen LogP contribution in [-0.2, 0) is 29.1 Å². The van der Waals surface area contributed by atoms with Crippen LogP contribution in [0.2, 0.25) is 0 Å². The molecule has 0 aromatic rings. The molecule has 38 heavy (non-hydrogen) atoms. The van der Waals surface area contributed by atoms with Crippen molar-refractivity contribution in [2.24, 2.45) is 11.3 Å². The summed E-state index contributed by atoms with van der Waals surface area (Å²) in [4.78, 5) is 53.8. The summed E-state index contributed by atoms with van der Waals surface area (Å²) in [5.74, 6) is -2.64. The van der Waals surface area contributed by atoms with Gasteiger partial charge in [0.25, 0.3) is 5.91 Å². The number of ether oxygens (including phenoxy) is 1. The van der Waals surface area contributed by atoms with Crippen LogP contribution in [-0.4, -0.2) is 83.4 Å². The van der Waals surface area contributed by atoms with Crippen molar-refractivity contribution >= 4 is 33.8 Å². The van der Waals surface area contributed by atoms with Gasteiger partial charge in [-0.1, -0.05) is 26.8 Å². The minimum Gasteiger partial charge on any atom is -0.444 e. The van der Waals surface area contributed by atoms with Crippen LogP contribution in [0.25, 0.3) is 0 Å². The minimum absolute atomic E-state index is 0.0856. The highest BCUT2D eigenvalue weighted by molar-refractivity contribution is 7.91. The fourth-order valence-corrected chi connectivity index (χ4v) is 5.93. The van der Waals surface area contributed by atoms with Gasteiger partial charge >= 0.3 is 6.09 Å². The van der Waals surface area contributed by atoms with E-state index in [9.17, 15) is 32.7 Å². The van der Waals surface area contributed by atoms with Crippen molar-refractivity contribution in [1.29, 1.82) is 0 Å². The van der Waals surface area contributed by atoms with Gasteiger partial charge in [-0.25, -0.2) is 13.2 Å². The zero-order chi connectivity index (χ0) is 28.8. The highest BCUT2D eigenvalue weighted by atomic mass is 32.2. The van der Waals surface area contributed by atoms with Gasteiger partial charge in [-0.3, -0.25) is 19.1 Å². The molecule has 4 amide bonds. The van der Waals surface area contributed by atoms with Gasteiger partial charge in [-0.05, 0) is 45.4 Å². The van der Waals surface area contributed by atoms with Crippen molar-refractivity contribution in [3.8, 4) is 0 Å². The molecule has 1 saturated heterocycles. The Kier molecular flexibility index (Phi) is 7.97. The summed E-state index contributed by atoms with van der Waals surface area (Å²) in [7, 11) is -3.84. The Hall–Kier alpha value is -2.67. The average Bonchev–Trinajstić information content (AvgIpc) is 3.66. The third kappa shape index (κ3) is 6.66. The zero-order valence-corrected chi connectivity index (χ0v) is 23.7. The van der Waals surface area contributed by atoms with E-state index in [1.54, 1.807) is 41.5 Å². The number of carbonyl (C=O) groups is 4. The molecule has 0 radical (unpaired) electrons.